The number of rotatable bonds is 8. The molecule has 3 amide bonds. The molecule has 2 aliphatic rings. The number of carbonyl (C=O) groups is 2. The first-order valence-electron chi connectivity index (χ1n) is 14.4. The van der Waals surface area contributed by atoms with Gasteiger partial charge in [0.2, 0.25) is 0 Å². The van der Waals surface area contributed by atoms with Gasteiger partial charge in [0.05, 0.1) is 5.56 Å². The molecule has 0 saturated heterocycles. The number of nitrogens with one attached hydrogen (secondary N) is 4. The van der Waals surface area contributed by atoms with Crippen molar-refractivity contribution in [2.75, 3.05) is 11.9 Å². The largest absolute Gasteiger partial charge is 0.416 e. The highest BCUT2D eigenvalue weighted by Gasteiger charge is 2.42. The number of aromatic nitrogens is 2. The van der Waals surface area contributed by atoms with Gasteiger partial charge in [-0.2, -0.15) is 13.2 Å². The summed E-state index contributed by atoms with van der Waals surface area (Å²) in [6.45, 7) is 0.291. The zero-order chi connectivity index (χ0) is 30.5. The lowest BCUT2D eigenvalue weighted by Gasteiger charge is -2.38. The summed E-state index contributed by atoms with van der Waals surface area (Å²) in [5.41, 5.74) is 0.742. The quantitative estimate of drug-likeness (QED) is 0.238. The molecule has 1 atom stereocenters. The maximum Gasteiger partial charge on any atom is 0.416 e. The minimum atomic E-state index is -4.51. The summed E-state index contributed by atoms with van der Waals surface area (Å²) in [6.07, 6.45) is 15.6. The Morgan fingerprint density at radius 2 is 1.84 bits per heavy atom. The first kappa shape index (κ1) is 30.0. The molecule has 2 aromatic heterocycles. The fourth-order valence-corrected chi connectivity index (χ4v) is 6.06. The van der Waals surface area contributed by atoms with E-state index in [0.29, 0.717) is 6.54 Å². The van der Waals surface area contributed by atoms with Gasteiger partial charge in [-0.25, -0.2) is 4.79 Å². The van der Waals surface area contributed by atoms with Crippen molar-refractivity contribution in [3.05, 3.63) is 89.0 Å². The SMILES string of the molecule is C#C[C@@](Cc1c[nH]c2c1C=CCC2)(NC(=O)Nc1ccc(C(F)(F)F)cc1)C(=O)NCC1(c2ccccn2)CCCCC1. The second-order valence-electron chi connectivity index (χ2n) is 11.3. The van der Waals surface area contributed by atoms with Gasteiger partial charge in [-0.1, -0.05) is 43.4 Å². The molecule has 0 unspecified atom stereocenters. The van der Waals surface area contributed by atoms with Crippen LogP contribution >= 0.6 is 0 Å². The van der Waals surface area contributed by atoms with Gasteiger partial charge in [-0.15, -0.1) is 6.42 Å². The summed E-state index contributed by atoms with van der Waals surface area (Å²) in [6, 6.07) is 8.98. The topological polar surface area (TPSA) is 98.9 Å². The van der Waals surface area contributed by atoms with Crippen LogP contribution in [0.25, 0.3) is 6.08 Å². The van der Waals surface area contributed by atoms with Crippen LogP contribution in [-0.2, 0) is 29.2 Å². The molecule has 0 bridgehead atoms. The number of carbonyl (C=O) groups excluding carboxylic acids is 2. The first-order chi connectivity index (χ1) is 20.6. The van der Waals surface area contributed by atoms with Gasteiger partial charge in [0.15, 0.2) is 5.54 Å². The Morgan fingerprint density at radius 3 is 2.51 bits per heavy atom. The molecule has 0 aliphatic heterocycles. The highest BCUT2D eigenvalue weighted by Crippen LogP contribution is 2.38. The van der Waals surface area contributed by atoms with Gasteiger partial charge in [0.1, 0.15) is 0 Å². The van der Waals surface area contributed by atoms with Crippen LogP contribution in [0.1, 0.15) is 66.6 Å². The number of amides is 3. The first-order valence-corrected chi connectivity index (χ1v) is 14.4. The van der Waals surface area contributed by atoms with E-state index in [2.05, 4.69) is 31.8 Å². The molecular weight excluding hydrogens is 555 g/mol. The number of aryl methyl sites for hydroxylation is 1. The minimum Gasteiger partial charge on any atom is -0.364 e. The zero-order valence-corrected chi connectivity index (χ0v) is 23.7. The Labute approximate surface area is 248 Å². The van der Waals surface area contributed by atoms with Gasteiger partial charge in [-0.05, 0) is 73.2 Å². The lowest BCUT2D eigenvalue weighted by atomic mass is 9.71. The van der Waals surface area contributed by atoms with Gasteiger partial charge in [0, 0.05) is 47.8 Å². The molecule has 224 valence electrons. The van der Waals surface area contributed by atoms with Crippen molar-refractivity contribution >= 4 is 23.7 Å². The number of nitrogens with zero attached hydrogens (tertiary/aromatic N) is 1. The summed E-state index contributed by atoms with van der Waals surface area (Å²) in [4.78, 5) is 35.2. The molecule has 10 heteroatoms. The van der Waals surface area contributed by atoms with Crippen LogP contribution < -0.4 is 16.0 Å². The number of hydrogen-bond acceptors (Lipinski definition) is 3. The lowest BCUT2D eigenvalue weighted by molar-refractivity contribution is -0.137. The van der Waals surface area contributed by atoms with E-state index in [-0.39, 0.29) is 17.5 Å². The third kappa shape index (κ3) is 6.61. The van der Waals surface area contributed by atoms with Crippen molar-refractivity contribution in [3.63, 3.8) is 0 Å². The smallest absolute Gasteiger partial charge is 0.364 e. The number of hydrogen-bond donors (Lipinski definition) is 4. The van der Waals surface area contributed by atoms with Gasteiger partial charge in [-0.3, -0.25) is 9.78 Å². The standard InChI is InChI=1S/C33H34F3N5O2/c1-2-32(20-23-21-38-27-11-5-4-10-26(23)27,41-30(43)40-25-15-13-24(14-16-25)33(34,35)36)29(42)39-22-31(17-7-3-8-18-31)28-12-6-9-19-37-28/h1,4,6,9-10,12-16,19,21,38H,3,5,7-8,11,17-18,20,22H2,(H,39,42)(H2,40,41,43)/t32-/m0/s1. The summed E-state index contributed by atoms with van der Waals surface area (Å²) in [7, 11) is 0. The molecule has 1 fully saturated rings. The number of pyridine rings is 1. The summed E-state index contributed by atoms with van der Waals surface area (Å²) < 4.78 is 39.0. The number of fused-ring (bicyclic) bond motifs is 1. The fourth-order valence-electron chi connectivity index (χ4n) is 6.06. The summed E-state index contributed by atoms with van der Waals surface area (Å²) in [5, 5.41) is 8.26. The molecule has 7 nitrogen and oxygen atoms in total. The minimum absolute atomic E-state index is 0.00251. The highest BCUT2D eigenvalue weighted by atomic mass is 19.4. The van der Waals surface area contributed by atoms with E-state index in [4.69, 9.17) is 6.42 Å². The summed E-state index contributed by atoms with van der Waals surface area (Å²) in [5.74, 6) is 2.01. The Morgan fingerprint density at radius 1 is 1.07 bits per heavy atom. The molecule has 43 heavy (non-hydrogen) atoms. The van der Waals surface area contributed by atoms with Gasteiger partial charge >= 0.3 is 12.2 Å². The molecule has 2 heterocycles. The van der Waals surface area contributed by atoms with Crippen LogP contribution in [0, 0.1) is 12.3 Å². The Balaban J connectivity index is 1.40. The second kappa shape index (κ2) is 12.4. The van der Waals surface area contributed by atoms with Crippen molar-refractivity contribution in [1.29, 1.82) is 0 Å². The van der Waals surface area contributed by atoms with E-state index in [9.17, 15) is 22.8 Å². The average molecular weight is 590 g/mol. The van der Waals surface area contributed by atoms with Gasteiger partial charge < -0.3 is 20.9 Å². The zero-order valence-electron chi connectivity index (χ0n) is 23.7. The van der Waals surface area contributed by atoms with E-state index >= 15 is 0 Å². The lowest BCUT2D eigenvalue weighted by Crippen LogP contribution is -2.61. The van der Waals surface area contributed by atoms with E-state index in [1.165, 1.54) is 0 Å². The van der Waals surface area contributed by atoms with E-state index in [0.717, 1.165) is 91.7 Å². The molecule has 4 N–H and O–H groups in total. The number of H-pyrrole nitrogens is 1. The highest BCUT2D eigenvalue weighted by molar-refractivity contribution is 5.98. The molecular formula is C33H34F3N5O2. The third-order valence-corrected chi connectivity index (χ3v) is 8.43. The number of anilines is 1. The number of allylic oxidation sites excluding steroid dienone is 1. The monoisotopic (exact) mass is 589 g/mol. The Bertz CT molecular complexity index is 1520. The normalized spacial score (nSPS) is 17.2. The van der Waals surface area contributed by atoms with Crippen molar-refractivity contribution in [2.24, 2.45) is 0 Å². The number of benzene rings is 1. The number of terminal acetylenes is 1. The molecule has 1 aromatic carbocycles. The molecule has 1 saturated carbocycles. The number of aromatic amines is 1. The Hall–Kier alpha value is -4.52. The maximum absolute atomic E-state index is 14.1. The van der Waals surface area contributed by atoms with Crippen LogP contribution in [0.4, 0.5) is 23.7 Å². The van der Waals surface area contributed by atoms with Crippen LogP contribution in [0.2, 0.25) is 0 Å². The van der Waals surface area contributed by atoms with Crippen LogP contribution in [0.3, 0.4) is 0 Å². The molecule has 3 aromatic rings. The second-order valence-corrected chi connectivity index (χ2v) is 11.3. The van der Waals surface area contributed by atoms with E-state index < -0.39 is 29.2 Å². The predicted molar refractivity (Wildman–Crippen MR) is 159 cm³/mol. The van der Waals surface area contributed by atoms with Crippen LogP contribution in [0.15, 0.2) is 60.9 Å². The van der Waals surface area contributed by atoms with Crippen molar-refractivity contribution < 1.29 is 22.8 Å². The molecule has 2 aliphatic carbocycles. The molecule has 0 spiro atoms. The fraction of sp³-hybridized carbons (Fsp3) is 0.364. The average Bonchev–Trinajstić information content (AvgIpc) is 3.42. The number of urea groups is 1. The van der Waals surface area contributed by atoms with Crippen LogP contribution in [0.5, 0.6) is 0 Å². The maximum atomic E-state index is 14.1. The Kier molecular flexibility index (Phi) is 8.62. The summed E-state index contributed by atoms with van der Waals surface area (Å²) >= 11 is 0. The van der Waals surface area contributed by atoms with Crippen molar-refractivity contribution in [1.82, 2.24) is 20.6 Å². The van der Waals surface area contributed by atoms with Crippen LogP contribution in [-0.4, -0.2) is 34.0 Å². The third-order valence-electron chi connectivity index (χ3n) is 8.43. The number of alkyl halides is 3. The van der Waals surface area contributed by atoms with E-state index in [1.54, 1.807) is 12.4 Å². The molecule has 0 radical (unpaired) electrons. The number of halogens is 3. The van der Waals surface area contributed by atoms with Crippen molar-refractivity contribution in [2.45, 2.75) is 68.5 Å². The predicted octanol–water partition coefficient (Wildman–Crippen LogP) is 6.14. The molecule has 5 rings (SSSR count). The van der Waals surface area contributed by atoms with Crippen molar-refractivity contribution in [3.8, 4) is 12.3 Å². The van der Waals surface area contributed by atoms with E-state index in [1.807, 2.05) is 30.4 Å². The van der Waals surface area contributed by atoms with Gasteiger partial charge in [0.25, 0.3) is 5.91 Å².